The van der Waals surface area contributed by atoms with Gasteiger partial charge >= 0.3 is 5.97 Å². The molecular weight excluding hydrogens is 465 g/mol. The Hall–Kier alpha value is -4.22. The number of nitrogens with one attached hydrogen (secondary N) is 1. The van der Waals surface area contributed by atoms with Gasteiger partial charge in [-0.05, 0) is 51.9 Å². The molecule has 0 spiro atoms. The maximum atomic E-state index is 14.2. The first-order chi connectivity index (χ1) is 16.9. The zero-order valence-electron chi connectivity index (χ0n) is 18.4. The van der Waals surface area contributed by atoms with Crippen molar-refractivity contribution >= 4 is 28.5 Å². The van der Waals surface area contributed by atoms with E-state index in [2.05, 4.69) is 4.98 Å². The van der Waals surface area contributed by atoms with Crippen LogP contribution < -0.4 is 5.56 Å². The Kier molecular flexibility index (Phi) is 5.93. The third-order valence-electron chi connectivity index (χ3n) is 5.91. The summed E-state index contributed by atoms with van der Waals surface area (Å²) < 4.78 is 14.2. The molecule has 4 nitrogen and oxygen atoms in total. The first-order valence-electron chi connectivity index (χ1n) is 10.9. The molecule has 35 heavy (non-hydrogen) atoms. The molecule has 0 amide bonds. The lowest BCUT2D eigenvalue weighted by Gasteiger charge is -2.11. The second kappa shape index (κ2) is 9.20. The summed E-state index contributed by atoms with van der Waals surface area (Å²) in [5.41, 5.74) is 4.91. The summed E-state index contributed by atoms with van der Waals surface area (Å²) in [5, 5.41) is 10.3. The van der Waals surface area contributed by atoms with Gasteiger partial charge in [-0.25, -0.2) is 4.39 Å². The molecule has 172 valence electrons. The Labute approximate surface area is 205 Å². The Balaban J connectivity index is 1.56. The van der Waals surface area contributed by atoms with Gasteiger partial charge in [0.1, 0.15) is 5.82 Å². The molecule has 0 bridgehead atoms. The molecule has 6 heteroatoms. The number of halogens is 2. The van der Waals surface area contributed by atoms with Crippen LogP contribution in [0.25, 0.3) is 44.3 Å². The van der Waals surface area contributed by atoms with Gasteiger partial charge in [-0.15, -0.1) is 0 Å². The summed E-state index contributed by atoms with van der Waals surface area (Å²) in [7, 11) is 0. The van der Waals surface area contributed by atoms with Gasteiger partial charge < -0.3 is 10.1 Å². The van der Waals surface area contributed by atoms with E-state index in [1.165, 1.54) is 6.07 Å². The first kappa shape index (κ1) is 22.6. The summed E-state index contributed by atoms with van der Waals surface area (Å²) in [5.74, 6) is -1.22. The highest BCUT2D eigenvalue weighted by Crippen LogP contribution is 2.34. The van der Waals surface area contributed by atoms with Gasteiger partial charge in [0, 0.05) is 22.2 Å². The second-order valence-corrected chi connectivity index (χ2v) is 8.67. The Bertz CT molecular complexity index is 1640. The highest BCUT2D eigenvalue weighted by molar-refractivity contribution is 6.34. The van der Waals surface area contributed by atoms with Crippen LogP contribution >= 0.6 is 11.6 Å². The van der Waals surface area contributed by atoms with Crippen molar-refractivity contribution in [1.82, 2.24) is 4.98 Å². The number of aromatic nitrogens is 1. The van der Waals surface area contributed by atoms with E-state index in [0.717, 1.165) is 22.1 Å². The topological polar surface area (TPSA) is 70.2 Å². The molecule has 0 aliphatic heterocycles. The van der Waals surface area contributed by atoms with E-state index in [1.54, 1.807) is 54.6 Å². The molecule has 0 fully saturated rings. The van der Waals surface area contributed by atoms with E-state index in [0.29, 0.717) is 32.8 Å². The fourth-order valence-corrected chi connectivity index (χ4v) is 4.48. The Morgan fingerprint density at radius 2 is 1.49 bits per heavy atom. The molecule has 0 aliphatic rings. The lowest BCUT2D eigenvalue weighted by molar-refractivity contribution is -0.136. The van der Waals surface area contributed by atoms with Gasteiger partial charge in [0.15, 0.2) is 0 Å². The van der Waals surface area contributed by atoms with Crippen LogP contribution in [-0.4, -0.2) is 16.1 Å². The van der Waals surface area contributed by atoms with E-state index in [1.807, 2.05) is 30.3 Å². The standard InChI is InChI=1S/C29H19ClFNO3/c30-25-16-27-21(15-24(29(35)32-27)20-5-3-4-17(12-20)13-28(33)34)14-23(25)19-10-8-18(9-11-19)22-6-1-2-7-26(22)31/h1-12,14-16H,13H2,(H,32,35)(H,33,34). The zero-order valence-corrected chi connectivity index (χ0v) is 19.1. The van der Waals surface area contributed by atoms with Crippen LogP contribution in [0.4, 0.5) is 4.39 Å². The molecule has 0 aliphatic carbocycles. The smallest absolute Gasteiger partial charge is 0.307 e. The summed E-state index contributed by atoms with van der Waals surface area (Å²) in [6.07, 6.45) is -0.123. The van der Waals surface area contributed by atoms with Crippen LogP contribution in [0, 0.1) is 5.82 Å². The number of carboxylic acid groups (broad SMARTS) is 1. The van der Waals surface area contributed by atoms with Crippen LogP contribution in [0.2, 0.25) is 5.02 Å². The molecule has 2 N–H and O–H groups in total. The lowest BCUT2D eigenvalue weighted by atomic mass is 9.97. The number of rotatable bonds is 5. The minimum absolute atomic E-state index is 0.123. The van der Waals surface area contributed by atoms with E-state index >= 15 is 0 Å². The molecule has 0 radical (unpaired) electrons. The molecule has 5 rings (SSSR count). The molecule has 0 saturated heterocycles. The van der Waals surface area contributed by atoms with Gasteiger partial charge in [-0.2, -0.15) is 0 Å². The van der Waals surface area contributed by atoms with Crippen LogP contribution in [0.5, 0.6) is 0 Å². The monoisotopic (exact) mass is 483 g/mol. The molecule has 1 aromatic heterocycles. The van der Waals surface area contributed by atoms with Crippen LogP contribution in [0.15, 0.2) is 95.8 Å². The van der Waals surface area contributed by atoms with Crippen molar-refractivity contribution in [2.75, 3.05) is 0 Å². The van der Waals surface area contributed by atoms with Crippen molar-refractivity contribution in [2.24, 2.45) is 0 Å². The Morgan fingerprint density at radius 1 is 0.800 bits per heavy atom. The first-order valence-corrected chi connectivity index (χ1v) is 11.3. The predicted octanol–water partition coefficient (Wildman–Crippen LogP) is 6.95. The maximum absolute atomic E-state index is 14.2. The fourth-order valence-electron chi connectivity index (χ4n) is 4.21. The van der Waals surface area contributed by atoms with Crippen LogP contribution in [-0.2, 0) is 11.2 Å². The fraction of sp³-hybridized carbons (Fsp3) is 0.0345. The van der Waals surface area contributed by atoms with E-state index in [9.17, 15) is 14.0 Å². The van der Waals surface area contributed by atoms with Crippen molar-refractivity contribution < 1.29 is 14.3 Å². The molecule has 1 heterocycles. The lowest BCUT2D eigenvalue weighted by Crippen LogP contribution is -2.09. The minimum atomic E-state index is -0.935. The number of fused-ring (bicyclic) bond motifs is 1. The normalized spacial score (nSPS) is 11.0. The number of carbonyl (C=O) groups is 1. The summed E-state index contributed by atoms with van der Waals surface area (Å²) >= 11 is 6.56. The predicted molar refractivity (Wildman–Crippen MR) is 137 cm³/mol. The highest BCUT2D eigenvalue weighted by atomic mass is 35.5. The SMILES string of the molecule is O=C(O)Cc1cccc(-c2cc3cc(-c4ccc(-c5ccccc5F)cc4)c(Cl)cc3[nH]c2=O)c1. The number of aromatic amines is 1. The molecular formula is C29H19ClFNO3. The van der Waals surface area contributed by atoms with Gasteiger partial charge in [0.05, 0.1) is 11.4 Å². The number of benzene rings is 4. The van der Waals surface area contributed by atoms with Crippen molar-refractivity contribution in [2.45, 2.75) is 6.42 Å². The van der Waals surface area contributed by atoms with Crippen LogP contribution in [0.1, 0.15) is 5.56 Å². The van der Waals surface area contributed by atoms with Crippen molar-refractivity contribution in [3.63, 3.8) is 0 Å². The third kappa shape index (κ3) is 4.59. The van der Waals surface area contributed by atoms with Crippen LogP contribution in [0.3, 0.4) is 0 Å². The molecule has 5 aromatic rings. The second-order valence-electron chi connectivity index (χ2n) is 8.26. The molecule has 0 unspecified atom stereocenters. The highest BCUT2D eigenvalue weighted by Gasteiger charge is 2.12. The van der Waals surface area contributed by atoms with Gasteiger partial charge in [0.2, 0.25) is 0 Å². The van der Waals surface area contributed by atoms with Crippen molar-refractivity contribution in [3.8, 4) is 33.4 Å². The number of hydrogen-bond donors (Lipinski definition) is 2. The average molecular weight is 484 g/mol. The summed E-state index contributed by atoms with van der Waals surface area (Å²) in [4.78, 5) is 26.7. The number of aliphatic carboxylic acids is 1. The number of pyridine rings is 1. The van der Waals surface area contributed by atoms with Crippen molar-refractivity contribution in [1.29, 1.82) is 0 Å². The molecule has 0 saturated carbocycles. The third-order valence-corrected chi connectivity index (χ3v) is 6.22. The largest absolute Gasteiger partial charge is 0.481 e. The van der Waals surface area contributed by atoms with E-state index in [4.69, 9.17) is 16.7 Å². The minimum Gasteiger partial charge on any atom is -0.481 e. The number of carboxylic acids is 1. The van der Waals surface area contributed by atoms with Gasteiger partial charge in [-0.1, -0.05) is 78.3 Å². The van der Waals surface area contributed by atoms with Crippen molar-refractivity contribution in [3.05, 3.63) is 118 Å². The molecule has 4 aromatic carbocycles. The Morgan fingerprint density at radius 3 is 2.20 bits per heavy atom. The quantitative estimate of drug-likeness (QED) is 0.284. The zero-order chi connectivity index (χ0) is 24.5. The van der Waals surface area contributed by atoms with Gasteiger partial charge in [-0.3, -0.25) is 9.59 Å². The summed E-state index contributed by atoms with van der Waals surface area (Å²) in [6, 6.07) is 26.4. The summed E-state index contributed by atoms with van der Waals surface area (Å²) in [6.45, 7) is 0. The number of H-pyrrole nitrogens is 1. The molecule has 0 atom stereocenters. The van der Waals surface area contributed by atoms with Gasteiger partial charge in [0.25, 0.3) is 5.56 Å². The number of hydrogen-bond acceptors (Lipinski definition) is 2. The average Bonchev–Trinajstić information content (AvgIpc) is 2.84. The maximum Gasteiger partial charge on any atom is 0.307 e. The van der Waals surface area contributed by atoms with E-state index < -0.39 is 5.97 Å². The van der Waals surface area contributed by atoms with E-state index in [-0.39, 0.29) is 17.8 Å².